The van der Waals surface area contributed by atoms with Crippen LogP contribution in [0.15, 0.2) is 40.8 Å². The summed E-state index contributed by atoms with van der Waals surface area (Å²) in [6.45, 7) is 0. The Morgan fingerprint density at radius 3 is 1.92 bits per heavy atom. The highest BCUT2D eigenvalue weighted by Gasteiger charge is 2.39. The summed E-state index contributed by atoms with van der Waals surface area (Å²) in [5, 5.41) is 6.27. The van der Waals surface area contributed by atoms with Crippen LogP contribution in [0.5, 0.6) is 0 Å². The van der Waals surface area contributed by atoms with Gasteiger partial charge in [-0.05, 0) is 97.3 Å². The van der Waals surface area contributed by atoms with Gasteiger partial charge in [0.1, 0.15) is 0 Å². The van der Waals surface area contributed by atoms with Gasteiger partial charge in [-0.15, -0.1) is 5.10 Å². The second-order valence-corrected chi connectivity index (χ2v) is 8.91. The number of hydrogen-bond acceptors (Lipinski definition) is 5. The Labute approximate surface area is 205 Å². The van der Waals surface area contributed by atoms with E-state index in [1.54, 1.807) is 0 Å². The van der Waals surface area contributed by atoms with Gasteiger partial charge in [0, 0.05) is 11.1 Å². The summed E-state index contributed by atoms with van der Waals surface area (Å²) in [6.07, 6.45) is -5.67. The number of benzene rings is 2. The molecule has 4 N–H and O–H groups in total. The van der Waals surface area contributed by atoms with Crippen LogP contribution < -0.4 is 11.3 Å². The molecule has 2 aliphatic rings. The third-order valence-electron chi connectivity index (χ3n) is 5.83. The van der Waals surface area contributed by atoms with Gasteiger partial charge in [0.15, 0.2) is 0 Å². The highest BCUT2D eigenvalue weighted by molar-refractivity contribution is 7.71. The lowest BCUT2D eigenvalue weighted by Crippen LogP contribution is -2.30. The molecule has 0 atom stereocenters. The molecular formula is C23H20F6N4O2S. The molecule has 2 saturated carbocycles. The van der Waals surface area contributed by atoms with Gasteiger partial charge >= 0.3 is 12.4 Å². The molecule has 1 heterocycles. The minimum Gasteiger partial charge on any atom is -0.409 e. The molecule has 3 aromatic rings. The van der Waals surface area contributed by atoms with Crippen molar-refractivity contribution in [3.63, 3.8) is 0 Å². The summed E-state index contributed by atoms with van der Waals surface area (Å²) in [6, 6.07) is 7.28. The maximum Gasteiger partial charge on any atom is 0.416 e. The van der Waals surface area contributed by atoms with E-state index in [1.165, 1.54) is 18.2 Å². The lowest BCUT2D eigenvalue weighted by atomic mass is 9.99. The van der Waals surface area contributed by atoms with Crippen molar-refractivity contribution in [2.45, 2.75) is 49.9 Å². The van der Waals surface area contributed by atoms with Crippen molar-refractivity contribution in [1.29, 1.82) is 0 Å². The minimum absolute atomic E-state index is 0.0153. The number of alkyl halides is 6. The number of carbonyl (C=O) groups is 1. The predicted octanol–water partition coefficient (Wildman–Crippen LogP) is 6.48. The first-order chi connectivity index (χ1) is 16.9. The second-order valence-electron chi connectivity index (χ2n) is 8.54. The van der Waals surface area contributed by atoms with Crippen LogP contribution in [0, 0.1) is 4.84 Å². The molecule has 6 nitrogen and oxygen atoms in total. The van der Waals surface area contributed by atoms with Gasteiger partial charge in [-0.1, -0.05) is 0 Å². The molecule has 0 aliphatic heterocycles. The summed E-state index contributed by atoms with van der Waals surface area (Å²) in [7, 11) is 0. The molecule has 5 rings (SSSR count). The summed E-state index contributed by atoms with van der Waals surface area (Å²) in [4.78, 5) is 11.4. The fraction of sp³-hybridized carbons (Fsp3) is 0.348. The Balaban J connectivity index is 0.000000170. The second kappa shape index (κ2) is 9.69. The maximum atomic E-state index is 12.9. The molecule has 0 spiro atoms. The molecule has 13 heteroatoms. The molecule has 0 saturated heterocycles. The van der Waals surface area contributed by atoms with Gasteiger partial charge < -0.3 is 4.42 Å². The molecule has 1 amide bonds. The zero-order valence-corrected chi connectivity index (χ0v) is 19.3. The molecule has 2 aliphatic carbocycles. The number of aromatic amines is 1. The third-order valence-corrected chi connectivity index (χ3v) is 6.00. The summed E-state index contributed by atoms with van der Waals surface area (Å²) >= 11 is 4.75. The number of carbonyl (C=O) groups excluding carboxylic acids is 1. The van der Waals surface area contributed by atoms with E-state index < -0.39 is 29.4 Å². The maximum absolute atomic E-state index is 12.9. The van der Waals surface area contributed by atoms with Crippen LogP contribution in [0.2, 0.25) is 0 Å². The van der Waals surface area contributed by atoms with Gasteiger partial charge in [0.05, 0.1) is 11.1 Å². The van der Waals surface area contributed by atoms with Crippen molar-refractivity contribution in [2.24, 2.45) is 5.84 Å². The number of nitrogens with one attached hydrogen (secondary N) is 2. The fourth-order valence-corrected chi connectivity index (χ4v) is 3.94. The Hall–Kier alpha value is -3.19. The average molecular weight is 530 g/mol. The summed E-state index contributed by atoms with van der Waals surface area (Å²) in [5.41, 5.74) is 1.84. The largest absolute Gasteiger partial charge is 0.416 e. The number of halogens is 6. The van der Waals surface area contributed by atoms with Gasteiger partial charge in [0.2, 0.25) is 5.89 Å². The number of rotatable bonds is 4. The van der Waals surface area contributed by atoms with Crippen molar-refractivity contribution in [3.05, 3.63) is 69.1 Å². The molecule has 192 valence electrons. The predicted molar refractivity (Wildman–Crippen MR) is 119 cm³/mol. The molecule has 0 unspecified atom stereocenters. The van der Waals surface area contributed by atoms with E-state index in [9.17, 15) is 31.1 Å². The van der Waals surface area contributed by atoms with Crippen molar-refractivity contribution in [1.82, 2.24) is 15.6 Å². The van der Waals surface area contributed by atoms with E-state index in [0.29, 0.717) is 11.1 Å². The Kier molecular flexibility index (Phi) is 6.97. The first-order valence-electron chi connectivity index (χ1n) is 10.9. The van der Waals surface area contributed by atoms with Crippen LogP contribution in [-0.4, -0.2) is 16.1 Å². The molecule has 0 bridgehead atoms. The number of aromatic nitrogens is 2. The Morgan fingerprint density at radius 1 is 0.944 bits per heavy atom. The molecular weight excluding hydrogens is 510 g/mol. The van der Waals surface area contributed by atoms with Gasteiger partial charge in [-0.3, -0.25) is 10.2 Å². The van der Waals surface area contributed by atoms with Gasteiger partial charge in [-0.2, -0.15) is 26.3 Å². The van der Waals surface area contributed by atoms with Gasteiger partial charge in [0.25, 0.3) is 10.7 Å². The number of H-pyrrole nitrogens is 1. The normalized spacial score (nSPS) is 15.8. The number of nitrogen functional groups attached to an aromatic ring is 1. The first kappa shape index (κ1) is 25.9. The monoisotopic (exact) mass is 530 g/mol. The van der Waals surface area contributed by atoms with Crippen LogP contribution in [0.4, 0.5) is 26.3 Å². The van der Waals surface area contributed by atoms with Crippen LogP contribution in [0.25, 0.3) is 11.5 Å². The van der Waals surface area contributed by atoms with E-state index in [4.69, 9.17) is 22.5 Å². The van der Waals surface area contributed by atoms with E-state index in [0.717, 1.165) is 43.9 Å². The molecule has 36 heavy (non-hydrogen) atoms. The Morgan fingerprint density at radius 2 is 1.47 bits per heavy atom. The third kappa shape index (κ3) is 5.95. The van der Waals surface area contributed by atoms with Gasteiger partial charge in [-0.25, -0.2) is 10.9 Å². The zero-order chi connectivity index (χ0) is 26.3. The lowest BCUT2D eigenvalue weighted by molar-refractivity contribution is -0.139. The van der Waals surface area contributed by atoms with Crippen LogP contribution in [0.3, 0.4) is 0 Å². The fourth-order valence-electron chi connectivity index (χ4n) is 3.82. The van der Waals surface area contributed by atoms with E-state index in [2.05, 4.69) is 10.2 Å². The number of amides is 1. The molecule has 1 aromatic heterocycles. The number of nitrogens with zero attached hydrogens (tertiary/aromatic N) is 1. The highest BCUT2D eigenvalue weighted by Crippen LogP contribution is 2.47. The molecule has 2 fully saturated rings. The zero-order valence-electron chi connectivity index (χ0n) is 18.5. The number of hydrogen-bond donors (Lipinski definition) is 3. The highest BCUT2D eigenvalue weighted by atomic mass is 32.1. The number of hydrazine groups is 1. The van der Waals surface area contributed by atoms with E-state index in [-0.39, 0.29) is 33.7 Å². The van der Waals surface area contributed by atoms with Crippen molar-refractivity contribution < 1.29 is 35.6 Å². The SMILES string of the molecule is FC(F)(F)c1ccc(-c2n[nH]c(=S)o2)cc1C1CC1.NNC(=O)c1ccc(C(F)(F)F)c(C2CC2)c1. The quantitative estimate of drug-likeness (QED) is 0.118. The summed E-state index contributed by atoms with van der Waals surface area (Å²) in [5.74, 6) is 4.47. The van der Waals surface area contributed by atoms with Crippen molar-refractivity contribution in [2.75, 3.05) is 0 Å². The van der Waals surface area contributed by atoms with Crippen LogP contribution >= 0.6 is 12.2 Å². The Bertz CT molecular complexity index is 1320. The van der Waals surface area contributed by atoms with Crippen molar-refractivity contribution in [3.8, 4) is 11.5 Å². The lowest BCUT2D eigenvalue weighted by Gasteiger charge is -2.13. The van der Waals surface area contributed by atoms with Crippen LogP contribution in [0.1, 0.15) is 70.1 Å². The van der Waals surface area contributed by atoms with E-state index >= 15 is 0 Å². The van der Waals surface area contributed by atoms with Crippen molar-refractivity contribution >= 4 is 18.1 Å². The molecule has 0 radical (unpaired) electrons. The first-order valence-corrected chi connectivity index (χ1v) is 11.3. The van der Waals surface area contributed by atoms with E-state index in [1.807, 2.05) is 5.43 Å². The smallest absolute Gasteiger partial charge is 0.409 e. The topological polar surface area (TPSA) is 96.9 Å². The minimum atomic E-state index is -4.38. The molecule has 2 aromatic carbocycles. The standard InChI is InChI=1S/C12H9F3N2OS.C11H11F3N2O/c13-12(14,15)9-4-3-7(5-8(9)6-1-2-6)10-16-17-11(19)18-10;12-11(13,14)9-4-3-7(10(17)16-15)5-8(9)6-1-2-6/h3-6H,1-2H2,(H,17,19);3-6H,1-2,15H2,(H,16,17). The summed E-state index contributed by atoms with van der Waals surface area (Å²) < 4.78 is 82.0. The number of nitrogens with two attached hydrogens (primary N) is 1. The average Bonchev–Trinajstić information content (AvgIpc) is 3.75. The van der Waals surface area contributed by atoms with Crippen LogP contribution in [-0.2, 0) is 12.4 Å².